The first-order chi connectivity index (χ1) is 15.2. The van der Waals surface area contributed by atoms with Gasteiger partial charge in [-0.2, -0.15) is 0 Å². The van der Waals surface area contributed by atoms with Crippen LogP contribution in [-0.4, -0.2) is 37.6 Å². The highest BCUT2D eigenvalue weighted by molar-refractivity contribution is 7.89. The lowest BCUT2D eigenvalue weighted by atomic mass is 9.91. The topological polar surface area (TPSA) is 110 Å². The van der Waals surface area contributed by atoms with Gasteiger partial charge in [-0.25, -0.2) is 22.3 Å². The second-order valence-corrected chi connectivity index (χ2v) is 10.2. The maximum atomic E-state index is 14.4. The third-order valence-corrected chi connectivity index (χ3v) is 6.28. The molecule has 0 aliphatic carbocycles. The molecule has 0 radical (unpaired) electrons. The summed E-state index contributed by atoms with van der Waals surface area (Å²) in [6.07, 6.45) is -0.657. The predicted octanol–water partition coefficient (Wildman–Crippen LogP) is 4.05. The summed E-state index contributed by atoms with van der Waals surface area (Å²) in [4.78, 5) is 24.2. The molecule has 2 rings (SSSR count). The van der Waals surface area contributed by atoms with Gasteiger partial charge in [-0.05, 0) is 69.5 Å². The van der Waals surface area contributed by atoms with Crippen LogP contribution in [0, 0.1) is 12.7 Å². The molecule has 7 nitrogen and oxygen atoms in total. The number of esters is 1. The third-order valence-electron chi connectivity index (χ3n) is 4.51. The van der Waals surface area contributed by atoms with Crippen molar-refractivity contribution in [2.75, 3.05) is 6.61 Å². The van der Waals surface area contributed by atoms with Crippen molar-refractivity contribution in [3.8, 4) is 0 Å². The number of ether oxygens (including phenoxy) is 1. The maximum absolute atomic E-state index is 14.4. The molecular formula is C24H28FNO6S. The van der Waals surface area contributed by atoms with Gasteiger partial charge < -0.3 is 9.84 Å². The van der Waals surface area contributed by atoms with Crippen LogP contribution in [0.5, 0.6) is 0 Å². The Balaban J connectivity index is 2.73. The summed E-state index contributed by atoms with van der Waals surface area (Å²) in [5, 5.41) is 9.40. The average molecular weight is 478 g/mol. The van der Waals surface area contributed by atoms with E-state index in [1.807, 2.05) is 0 Å². The number of sulfonamides is 1. The molecule has 0 aliphatic heterocycles. The molecule has 0 bridgehead atoms. The molecule has 0 amide bonds. The number of halogens is 1. The molecule has 0 fully saturated rings. The fraction of sp³-hybridized carbons (Fsp3) is 0.333. The van der Waals surface area contributed by atoms with E-state index < -0.39 is 39.7 Å². The summed E-state index contributed by atoms with van der Waals surface area (Å²) in [5.74, 6) is -2.64. The third kappa shape index (κ3) is 6.97. The molecule has 0 atom stereocenters. The molecule has 0 saturated heterocycles. The fourth-order valence-corrected chi connectivity index (χ4v) is 4.58. The fourth-order valence-electron chi connectivity index (χ4n) is 3.16. The summed E-state index contributed by atoms with van der Waals surface area (Å²) in [7, 11) is -3.81. The number of aliphatic carboxylic acids is 1. The van der Waals surface area contributed by atoms with Gasteiger partial charge >= 0.3 is 11.9 Å². The molecule has 2 N–H and O–H groups in total. The number of carboxylic acid groups (broad SMARTS) is 1. The lowest BCUT2D eigenvalue weighted by Gasteiger charge is -2.20. The quantitative estimate of drug-likeness (QED) is 0.438. The van der Waals surface area contributed by atoms with Crippen LogP contribution in [0.25, 0.3) is 5.57 Å². The van der Waals surface area contributed by atoms with Crippen molar-refractivity contribution >= 4 is 27.5 Å². The molecule has 0 aliphatic rings. The second kappa shape index (κ2) is 10.3. The van der Waals surface area contributed by atoms with Gasteiger partial charge in [0.05, 0.1) is 23.5 Å². The smallest absolute Gasteiger partial charge is 0.335 e. The minimum Gasteiger partial charge on any atom is -0.481 e. The first-order valence-electron chi connectivity index (χ1n) is 10.3. The van der Waals surface area contributed by atoms with Gasteiger partial charge in [0.1, 0.15) is 5.82 Å². The van der Waals surface area contributed by atoms with E-state index in [4.69, 9.17) is 4.74 Å². The molecule has 9 heteroatoms. The number of benzene rings is 2. The van der Waals surface area contributed by atoms with Crippen molar-refractivity contribution in [3.63, 3.8) is 0 Å². The zero-order valence-corrected chi connectivity index (χ0v) is 20.0. The molecule has 2 aromatic rings. The molecule has 33 heavy (non-hydrogen) atoms. The Morgan fingerprint density at radius 3 is 2.12 bits per heavy atom. The van der Waals surface area contributed by atoms with Gasteiger partial charge in [-0.15, -0.1) is 0 Å². The molecule has 0 spiro atoms. The van der Waals surface area contributed by atoms with Crippen LogP contribution < -0.4 is 4.72 Å². The summed E-state index contributed by atoms with van der Waals surface area (Å²) in [5.41, 5.74) is 0.283. The molecule has 0 heterocycles. The number of carbonyl (C=O) groups excluding carboxylic acids is 1. The maximum Gasteiger partial charge on any atom is 0.335 e. The van der Waals surface area contributed by atoms with Crippen LogP contribution in [0.15, 0.2) is 52.9 Å². The van der Waals surface area contributed by atoms with Gasteiger partial charge in [0, 0.05) is 11.1 Å². The summed E-state index contributed by atoms with van der Waals surface area (Å²) in [6, 6.07) is 9.88. The highest BCUT2D eigenvalue weighted by atomic mass is 32.2. The first-order valence-corrected chi connectivity index (χ1v) is 11.8. The first kappa shape index (κ1) is 26.2. The van der Waals surface area contributed by atoms with E-state index in [0.29, 0.717) is 11.1 Å². The van der Waals surface area contributed by atoms with E-state index in [1.54, 1.807) is 40.7 Å². The van der Waals surface area contributed by atoms with E-state index in [-0.39, 0.29) is 28.2 Å². The highest BCUT2D eigenvalue weighted by Gasteiger charge is 2.25. The second-order valence-electron chi connectivity index (χ2n) is 8.49. The van der Waals surface area contributed by atoms with Crippen molar-refractivity contribution in [2.45, 2.75) is 51.5 Å². The standard InChI is InChI=1S/C24H28FNO6S/c1-6-32-23(29)19(14-21(27)28)22(17-8-7-15(2)20(25)13-17)16-9-11-18(12-10-16)33(30,31)26-24(3,4)5/h7-13,26H,6,14H2,1-5H3,(H,27,28)/b22-19+. The van der Waals surface area contributed by atoms with Crippen molar-refractivity contribution in [1.29, 1.82) is 0 Å². The summed E-state index contributed by atoms with van der Waals surface area (Å²) >= 11 is 0. The molecular weight excluding hydrogens is 449 g/mol. The van der Waals surface area contributed by atoms with Crippen LogP contribution in [0.3, 0.4) is 0 Å². The van der Waals surface area contributed by atoms with Gasteiger partial charge in [0.2, 0.25) is 10.0 Å². The predicted molar refractivity (Wildman–Crippen MR) is 123 cm³/mol. The van der Waals surface area contributed by atoms with E-state index in [2.05, 4.69) is 4.72 Å². The highest BCUT2D eigenvalue weighted by Crippen LogP contribution is 2.31. The number of carbonyl (C=O) groups is 2. The largest absolute Gasteiger partial charge is 0.481 e. The van der Waals surface area contributed by atoms with Crippen LogP contribution >= 0.6 is 0 Å². The minimum atomic E-state index is -3.81. The van der Waals surface area contributed by atoms with E-state index in [1.165, 1.54) is 36.4 Å². The molecule has 2 aromatic carbocycles. The number of rotatable bonds is 8. The van der Waals surface area contributed by atoms with Crippen LogP contribution in [0.1, 0.15) is 50.8 Å². The lowest BCUT2D eigenvalue weighted by Crippen LogP contribution is -2.40. The zero-order valence-electron chi connectivity index (χ0n) is 19.2. The SMILES string of the molecule is CCOC(=O)/C(CC(=O)O)=C(\c1ccc(S(=O)(=O)NC(C)(C)C)cc1)c1ccc(C)c(F)c1. The molecule has 0 aromatic heterocycles. The number of nitrogens with one attached hydrogen (secondary N) is 1. The Bertz CT molecular complexity index is 1180. The Morgan fingerprint density at radius 2 is 1.64 bits per heavy atom. The van der Waals surface area contributed by atoms with Gasteiger partial charge in [-0.1, -0.05) is 24.3 Å². The van der Waals surface area contributed by atoms with Gasteiger partial charge in [0.25, 0.3) is 0 Å². The number of aryl methyl sites for hydroxylation is 1. The minimum absolute atomic E-state index is 0.00784. The van der Waals surface area contributed by atoms with E-state index in [0.717, 1.165) is 0 Å². The van der Waals surface area contributed by atoms with Crippen LogP contribution in [0.4, 0.5) is 4.39 Å². The van der Waals surface area contributed by atoms with Crippen molar-refractivity contribution in [3.05, 3.63) is 70.5 Å². The number of carboxylic acids is 1. The Kier molecular flexibility index (Phi) is 8.16. The van der Waals surface area contributed by atoms with Crippen molar-refractivity contribution in [2.24, 2.45) is 0 Å². The van der Waals surface area contributed by atoms with Crippen molar-refractivity contribution in [1.82, 2.24) is 4.72 Å². The Labute approximate surface area is 193 Å². The van der Waals surface area contributed by atoms with E-state index >= 15 is 0 Å². The number of hydrogen-bond donors (Lipinski definition) is 2. The van der Waals surface area contributed by atoms with Gasteiger partial charge in [-0.3, -0.25) is 4.79 Å². The van der Waals surface area contributed by atoms with Crippen molar-refractivity contribution < 1.29 is 32.2 Å². The van der Waals surface area contributed by atoms with Crippen LogP contribution in [0.2, 0.25) is 0 Å². The van der Waals surface area contributed by atoms with Gasteiger partial charge in [0.15, 0.2) is 0 Å². The monoisotopic (exact) mass is 477 g/mol. The summed E-state index contributed by atoms with van der Waals surface area (Å²) < 4.78 is 47.2. The van der Waals surface area contributed by atoms with Crippen LogP contribution in [-0.2, 0) is 24.3 Å². The normalized spacial score (nSPS) is 12.8. The summed E-state index contributed by atoms with van der Waals surface area (Å²) in [6.45, 7) is 8.32. The lowest BCUT2D eigenvalue weighted by molar-refractivity contribution is -0.142. The zero-order chi connectivity index (χ0) is 25.0. The molecule has 0 unspecified atom stereocenters. The number of hydrogen-bond acceptors (Lipinski definition) is 5. The Morgan fingerprint density at radius 1 is 1.06 bits per heavy atom. The average Bonchev–Trinajstić information content (AvgIpc) is 2.68. The van der Waals surface area contributed by atoms with E-state index in [9.17, 15) is 27.5 Å². The molecule has 0 saturated carbocycles. The Hall–Kier alpha value is -3.04. The molecule has 178 valence electrons.